The molecule has 8 heteroatoms. The summed E-state index contributed by atoms with van der Waals surface area (Å²) < 4.78 is 25.2. The summed E-state index contributed by atoms with van der Waals surface area (Å²) in [5.74, 6) is -0.321. The molecule has 6 nitrogen and oxygen atoms in total. The third-order valence-electron chi connectivity index (χ3n) is 4.95. The molecule has 3 rings (SSSR count). The van der Waals surface area contributed by atoms with E-state index in [9.17, 15) is 18.5 Å². The molecule has 0 spiro atoms. The number of amides is 1. The Morgan fingerprint density at radius 1 is 1.24 bits per heavy atom. The van der Waals surface area contributed by atoms with Crippen molar-refractivity contribution in [1.82, 2.24) is 4.31 Å². The Balaban J connectivity index is 1.84. The highest BCUT2D eigenvalue weighted by Crippen LogP contribution is 2.37. The smallest absolute Gasteiger partial charge is 0.243 e. The van der Waals surface area contributed by atoms with Crippen LogP contribution < -0.4 is 5.32 Å². The first-order valence-corrected chi connectivity index (χ1v) is 11.4. The lowest BCUT2D eigenvalue weighted by Gasteiger charge is -2.32. The number of hydrogen-bond acceptors (Lipinski definition) is 5. The largest absolute Gasteiger partial charge is 0.315 e. The number of piperidine rings is 1. The molecule has 1 amide bonds. The van der Waals surface area contributed by atoms with Crippen molar-refractivity contribution in [3.05, 3.63) is 16.0 Å². The minimum absolute atomic E-state index is 0.321. The van der Waals surface area contributed by atoms with Crippen molar-refractivity contribution in [2.75, 3.05) is 18.1 Å². The molecule has 0 bridgehead atoms. The molecule has 2 aliphatic rings. The summed E-state index contributed by atoms with van der Waals surface area (Å²) in [6.07, 6.45) is 8.43. The molecule has 1 fully saturated rings. The number of aryl methyl sites for hydroxylation is 1. The number of fused-ring (bicyclic) bond motifs is 1. The Morgan fingerprint density at radius 3 is 2.72 bits per heavy atom. The summed E-state index contributed by atoms with van der Waals surface area (Å²) in [4.78, 5) is 13.9. The van der Waals surface area contributed by atoms with Crippen molar-refractivity contribution < 1.29 is 13.2 Å². The third-order valence-corrected chi connectivity index (χ3v) is 7.45. The Kier molecular flexibility index (Phi) is 5.46. The van der Waals surface area contributed by atoms with Crippen LogP contribution in [0.5, 0.6) is 0 Å². The van der Waals surface area contributed by atoms with Crippen LogP contribution in [0.1, 0.15) is 54.5 Å². The quantitative estimate of drug-likeness (QED) is 0.815. The minimum atomic E-state index is -3.42. The van der Waals surface area contributed by atoms with Crippen molar-refractivity contribution in [3.8, 4) is 6.07 Å². The molecule has 1 N–H and O–H groups in total. The van der Waals surface area contributed by atoms with E-state index in [1.807, 2.05) is 0 Å². The second-order valence-electron chi connectivity index (χ2n) is 6.75. The lowest BCUT2D eigenvalue weighted by molar-refractivity contribution is -0.120. The molecule has 25 heavy (non-hydrogen) atoms. The van der Waals surface area contributed by atoms with Crippen molar-refractivity contribution in [3.63, 3.8) is 0 Å². The summed E-state index contributed by atoms with van der Waals surface area (Å²) in [7, 11) is -3.42. The first kappa shape index (κ1) is 18.4. The Hall–Kier alpha value is -1.43. The molecule has 0 aromatic carbocycles. The van der Waals surface area contributed by atoms with E-state index in [4.69, 9.17) is 0 Å². The van der Waals surface area contributed by atoms with Crippen LogP contribution in [-0.4, -0.2) is 37.5 Å². The molecule has 0 saturated carbocycles. The van der Waals surface area contributed by atoms with E-state index in [1.165, 1.54) is 26.9 Å². The number of carbonyl (C=O) groups excluding carboxylic acids is 1. The van der Waals surface area contributed by atoms with Crippen LogP contribution in [0.4, 0.5) is 5.00 Å². The van der Waals surface area contributed by atoms with E-state index in [2.05, 4.69) is 11.4 Å². The normalized spacial score (nSPS) is 21.8. The molecule has 0 radical (unpaired) electrons. The summed E-state index contributed by atoms with van der Waals surface area (Å²) in [6, 6.07) is 1.56. The van der Waals surface area contributed by atoms with E-state index in [0.29, 0.717) is 23.5 Å². The average Bonchev–Trinajstić information content (AvgIpc) is 2.74. The highest BCUT2D eigenvalue weighted by molar-refractivity contribution is 7.88. The second-order valence-corrected chi connectivity index (χ2v) is 9.80. The molecule has 1 aromatic heterocycles. The number of nitriles is 1. The number of rotatable bonds is 3. The number of nitrogens with zero attached hydrogens (tertiary/aromatic N) is 2. The van der Waals surface area contributed by atoms with Gasteiger partial charge in [0.1, 0.15) is 17.1 Å². The summed E-state index contributed by atoms with van der Waals surface area (Å²) >= 11 is 1.48. The van der Waals surface area contributed by atoms with E-state index in [1.54, 1.807) is 0 Å². The van der Waals surface area contributed by atoms with Gasteiger partial charge in [-0.25, -0.2) is 8.42 Å². The van der Waals surface area contributed by atoms with E-state index < -0.39 is 16.1 Å². The molecular weight excluding hydrogens is 358 g/mol. The van der Waals surface area contributed by atoms with Gasteiger partial charge >= 0.3 is 0 Å². The first-order chi connectivity index (χ1) is 11.9. The first-order valence-electron chi connectivity index (χ1n) is 8.74. The molecular formula is C17H23N3O3S2. The van der Waals surface area contributed by atoms with Gasteiger partial charge in [0.15, 0.2) is 0 Å². The van der Waals surface area contributed by atoms with E-state index >= 15 is 0 Å². The van der Waals surface area contributed by atoms with Crippen LogP contribution in [0.25, 0.3) is 0 Å². The molecule has 1 atom stereocenters. The zero-order chi connectivity index (χ0) is 18.0. The number of carbonyl (C=O) groups is 1. The predicted molar refractivity (Wildman–Crippen MR) is 98.1 cm³/mol. The maximum absolute atomic E-state index is 12.8. The van der Waals surface area contributed by atoms with Crippen molar-refractivity contribution in [2.45, 2.75) is 57.4 Å². The number of hydrogen-bond donors (Lipinski definition) is 1. The number of anilines is 1. The fourth-order valence-corrected chi connectivity index (χ4v) is 6.08. The van der Waals surface area contributed by atoms with Gasteiger partial charge in [0.2, 0.25) is 15.9 Å². The van der Waals surface area contributed by atoms with Crippen LogP contribution in [0.2, 0.25) is 0 Å². The maximum Gasteiger partial charge on any atom is 0.243 e. The summed E-state index contributed by atoms with van der Waals surface area (Å²) in [5.41, 5.74) is 1.64. The molecule has 1 aliphatic carbocycles. The number of thiophene rings is 1. The van der Waals surface area contributed by atoms with Gasteiger partial charge in [-0.1, -0.05) is 12.8 Å². The summed E-state index contributed by atoms with van der Waals surface area (Å²) in [5, 5.41) is 13.0. The fourth-order valence-electron chi connectivity index (χ4n) is 3.71. The molecule has 2 heterocycles. The highest BCUT2D eigenvalue weighted by atomic mass is 32.2. The number of sulfonamides is 1. The monoisotopic (exact) mass is 381 g/mol. The molecule has 136 valence electrons. The van der Waals surface area contributed by atoms with Gasteiger partial charge in [0.25, 0.3) is 0 Å². The maximum atomic E-state index is 12.8. The van der Waals surface area contributed by atoms with Crippen LogP contribution in [0.15, 0.2) is 0 Å². The number of nitrogens with one attached hydrogen (secondary N) is 1. The summed E-state index contributed by atoms with van der Waals surface area (Å²) in [6.45, 7) is 0.378. The van der Waals surface area contributed by atoms with Crippen molar-refractivity contribution >= 4 is 32.3 Å². The van der Waals surface area contributed by atoms with E-state index in [0.717, 1.165) is 50.3 Å². The van der Waals surface area contributed by atoms with Gasteiger partial charge in [0, 0.05) is 11.4 Å². The lowest BCUT2D eigenvalue weighted by Crippen LogP contribution is -2.49. The van der Waals surface area contributed by atoms with Crippen LogP contribution in [-0.2, 0) is 27.7 Å². The molecule has 1 saturated heterocycles. The highest BCUT2D eigenvalue weighted by Gasteiger charge is 2.35. The van der Waals surface area contributed by atoms with E-state index in [-0.39, 0.29) is 5.91 Å². The topological polar surface area (TPSA) is 90.3 Å². The van der Waals surface area contributed by atoms with Gasteiger partial charge in [-0.05, 0) is 44.1 Å². The predicted octanol–water partition coefficient (Wildman–Crippen LogP) is 2.64. The lowest BCUT2D eigenvalue weighted by atomic mass is 10.0. The SMILES string of the molecule is CS(=O)(=O)N1CCCCC1C(=O)Nc1sc2c(c1C#N)CCCCC2. The third kappa shape index (κ3) is 3.89. The average molecular weight is 382 g/mol. The van der Waals surface area contributed by atoms with Gasteiger partial charge in [0.05, 0.1) is 11.8 Å². The van der Waals surface area contributed by atoms with Gasteiger partial charge < -0.3 is 5.32 Å². The zero-order valence-electron chi connectivity index (χ0n) is 14.4. The van der Waals surface area contributed by atoms with Crippen LogP contribution >= 0.6 is 11.3 Å². The second kappa shape index (κ2) is 7.44. The Bertz CT molecular complexity index is 808. The van der Waals surface area contributed by atoms with Crippen molar-refractivity contribution in [1.29, 1.82) is 5.26 Å². The Morgan fingerprint density at radius 2 is 2.00 bits per heavy atom. The Labute approximate surface area is 152 Å². The van der Waals surface area contributed by atoms with Crippen LogP contribution in [0, 0.1) is 11.3 Å². The standard InChI is InChI=1S/C17H23N3O3S2/c1-25(22,23)20-10-6-5-8-14(20)16(21)19-17-13(11-18)12-7-3-2-4-9-15(12)24-17/h14H,2-10H2,1H3,(H,19,21). The fraction of sp³-hybridized carbons (Fsp3) is 0.647. The minimum Gasteiger partial charge on any atom is -0.315 e. The van der Waals surface area contributed by atoms with Gasteiger partial charge in [-0.15, -0.1) is 11.3 Å². The van der Waals surface area contributed by atoms with Gasteiger partial charge in [-0.2, -0.15) is 9.57 Å². The van der Waals surface area contributed by atoms with Gasteiger partial charge in [-0.3, -0.25) is 4.79 Å². The molecule has 1 unspecified atom stereocenters. The zero-order valence-corrected chi connectivity index (χ0v) is 16.0. The molecule has 1 aliphatic heterocycles. The molecule has 1 aromatic rings. The van der Waals surface area contributed by atoms with Crippen molar-refractivity contribution in [2.24, 2.45) is 0 Å². The van der Waals surface area contributed by atoms with Crippen LogP contribution in [0.3, 0.4) is 0 Å².